The molecule has 1 unspecified atom stereocenters. The zero-order chi connectivity index (χ0) is 13.9. The fraction of sp³-hybridized carbons (Fsp3) is 0.250. The van der Waals surface area contributed by atoms with Gasteiger partial charge in [0.2, 0.25) is 0 Å². The van der Waals surface area contributed by atoms with Crippen LogP contribution in [0.2, 0.25) is 0 Å². The Kier molecular flexibility index (Phi) is 3.96. The van der Waals surface area contributed by atoms with Crippen LogP contribution in [0.5, 0.6) is 0 Å². The number of hydrogen-bond donors (Lipinski definition) is 1. The molecule has 3 heteroatoms. The molecule has 0 saturated carbocycles. The number of aliphatic hydroxyl groups is 1. The Morgan fingerprint density at radius 2 is 1.63 bits per heavy atom. The molecule has 100 valence electrons. The summed E-state index contributed by atoms with van der Waals surface area (Å²) in [6, 6.07) is 12.6. The zero-order valence-corrected chi connectivity index (χ0v) is 10.7. The van der Waals surface area contributed by atoms with Gasteiger partial charge in [0.05, 0.1) is 0 Å². The van der Waals surface area contributed by atoms with Gasteiger partial charge in [-0.3, -0.25) is 0 Å². The predicted molar refractivity (Wildman–Crippen MR) is 70.7 cm³/mol. The van der Waals surface area contributed by atoms with Crippen LogP contribution in [0.4, 0.5) is 8.78 Å². The van der Waals surface area contributed by atoms with E-state index < -0.39 is 17.2 Å². The van der Waals surface area contributed by atoms with E-state index in [9.17, 15) is 13.9 Å². The van der Waals surface area contributed by atoms with Gasteiger partial charge in [0.1, 0.15) is 5.60 Å². The Hall–Kier alpha value is -1.74. The molecule has 0 bridgehead atoms. The van der Waals surface area contributed by atoms with E-state index in [1.807, 2.05) is 25.1 Å². The third-order valence-corrected chi connectivity index (χ3v) is 3.26. The highest BCUT2D eigenvalue weighted by Crippen LogP contribution is 2.34. The first-order chi connectivity index (χ1) is 9.08. The van der Waals surface area contributed by atoms with Crippen molar-refractivity contribution in [1.82, 2.24) is 0 Å². The molecule has 2 aromatic rings. The molecule has 0 saturated heterocycles. The highest BCUT2D eigenvalue weighted by molar-refractivity contribution is 5.36. The smallest absolute Gasteiger partial charge is 0.159 e. The normalized spacial score (nSPS) is 14.1. The molecule has 0 aliphatic carbocycles. The summed E-state index contributed by atoms with van der Waals surface area (Å²) in [6.45, 7) is 1.94. The number of halogens is 2. The van der Waals surface area contributed by atoms with Crippen molar-refractivity contribution in [3.8, 4) is 0 Å². The molecule has 0 aliphatic heterocycles. The highest BCUT2D eigenvalue weighted by Gasteiger charge is 2.31. The quantitative estimate of drug-likeness (QED) is 0.883. The molecule has 1 atom stereocenters. The van der Waals surface area contributed by atoms with Crippen LogP contribution in [-0.2, 0) is 5.60 Å². The van der Waals surface area contributed by atoms with Gasteiger partial charge in [0.15, 0.2) is 11.6 Å². The molecule has 2 aromatic carbocycles. The Balaban J connectivity index is 2.52. The fourth-order valence-electron chi connectivity index (χ4n) is 2.28. The lowest BCUT2D eigenvalue weighted by atomic mass is 9.83. The summed E-state index contributed by atoms with van der Waals surface area (Å²) in [5.41, 5.74) is -0.229. The monoisotopic (exact) mass is 262 g/mol. The van der Waals surface area contributed by atoms with Crippen LogP contribution in [0.25, 0.3) is 0 Å². The van der Waals surface area contributed by atoms with Gasteiger partial charge in [-0.15, -0.1) is 0 Å². The van der Waals surface area contributed by atoms with E-state index in [2.05, 4.69) is 0 Å². The first kappa shape index (κ1) is 13.7. The molecule has 1 nitrogen and oxygen atoms in total. The van der Waals surface area contributed by atoms with Gasteiger partial charge in [-0.2, -0.15) is 0 Å². The second-order valence-electron chi connectivity index (χ2n) is 4.61. The van der Waals surface area contributed by atoms with Gasteiger partial charge in [-0.1, -0.05) is 49.7 Å². The molecule has 1 N–H and O–H groups in total. The molecule has 0 fully saturated rings. The van der Waals surface area contributed by atoms with E-state index in [-0.39, 0.29) is 0 Å². The van der Waals surface area contributed by atoms with Gasteiger partial charge >= 0.3 is 0 Å². The minimum atomic E-state index is -1.29. The summed E-state index contributed by atoms with van der Waals surface area (Å²) in [7, 11) is 0. The second kappa shape index (κ2) is 5.49. The van der Waals surface area contributed by atoms with E-state index in [0.29, 0.717) is 17.5 Å². The van der Waals surface area contributed by atoms with E-state index in [4.69, 9.17) is 0 Å². The maximum Gasteiger partial charge on any atom is 0.159 e. The van der Waals surface area contributed by atoms with Crippen LogP contribution in [-0.4, -0.2) is 5.11 Å². The molecule has 0 aromatic heterocycles. The lowest BCUT2D eigenvalue weighted by Crippen LogP contribution is -2.27. The van der Waals surface area contributed by atoms with Crippen molar-refractivity contribution in [2.75, 3.05) is 0 Å². The molecule has 2 rings (SSSR count). The summed E-state index contributed by atoms with van der Waals surface area (Å²) < 4.78 is 26.4. The van der Waals surface area contributed by atoms with Crippen molar-refractivity contribution in [2.24, 2.45) is 0 Å². The molecule has 19 heavy (non-hydrogen) atoms. The van der Waals surface area contributed by atoms with Gasteiger partial charge in [0.25, 0.3) is 0 Å². The highest BCUT2D eigenvalue weighted by atomic mass is 19.2. The summed E-state index contributed by atoms with van der Waals surface area (Å²) in [6.07, 6.45) is 1.17. The van der Waals surface area contributed by atoms with Gasteiger partial charge < -0.3 is 5.11 Å². The number of hydrogen-bond acceptors (Lipinski definition) is 1. The van der Waals surface area contributed by atoms with Crippen molar-refractivity contribution >= 4 is 0 Å². The summed E-state index contributed by atoms with van der Waals surface area (Å²) >= 11 is 0. The second-order valence-corrected chi connectivity index (χ2v) is 4.61. The summed E-state index contributed by atoms with van der Waals surface area (Å²) in [4.78, 5) is 0. The molecule has 0 radical (unpaired) electrons. The summed E-state index contributed by atoms with van der Waals surface area (Å²) in [5, 5.41) is 10.9. The minimum absolute atomic E-state index is 0.374. The average Bonchev–Trinajstić information content (AvgIpc) is 2.43. The Bertz CT molecular complexity index is 554. The predicted octanol–water partition coefficient (Wildman–Crippen LogP) is 4.00. The Morgan fingerprint density at radius 3 is 2.21 bits per heavy atom. The third kappa shape index (κ3) is 2.66. The molecule has 0 amide bonds. The third-order valence-electron chi connectivity index (χ3n) is 3.26. The van der Waals surface area contributed by atoms with Crippen molar-refractivity contribution in [3.63, 3.8) is 0 Å². The van der Waals surface area contributed by atoms with Crippen molar-refractivity contribution in [2.45, 2.75) is 25.4 Å². The topological polar surface area (TPSA) is 20.2 Å². The van der Waals surface area contributed by atoms with Gasteiger partial charge in [0, 0.05) is 0 Å². The first-order valence-electron chi connectivity index (χ1n) is 6.31. The largest absolute Gasteiger partial charge is 0.380 e. The molecule has 0 heterocycles. The van der Waals surface area contributed by atoms with Crippen LogP contribution < -0.4 is 0 Å². The van der Waals surface area contributed by atoms with E-state index >= 15 is 0 Å². The SMILES string of the molecule is CCCC(O)(c1ccccc1)c1ccc(F)c(F)c1. The van der Waals surface area contributed by atoms with Crippen molar-refractivity contribution in [1.29, 1.82) is 0 Å². The van der Waals surface area contributed by atoms with E-state index in [1.54, 1.807) is 12.1 Å². The summed E-state index contributed by atoms with van der Waals surface area (Å²) in [5.74, 6) is -1.85. The number of rotatable bonds is 4. The lowest BCUT2D eigenvalue weighted by Gasteiger charge is -2.29. The molecule has 0 spiro atoms. The van der Waals surface area contributed by atoms with E-state index in [0.717, 1.165) is 18.6 Å². The Labute approximate surface area is 111 Å². The number of benzene rings is 2. The Morgan fingerprint density at radius 1 is 0.947 bits per heavy atom. The average molecular weight is 262 g/mol. The van der Waals surface area contributed by atoms with Crippen LogP contribution in [0, 0.1) is 11.6 Å². The minimum Gasteiger partial charge on any atom is -0.380 e. The van der Waals surface area contributed by atoms with Gasteiger partial charge in [-0.05, 0) is 29.7 Å². The first-order valence-corrected chi connectivity index (χ1v) is 6.31. The molecule has 0 aliphatic rings. The van der Waals surface area contributed by atoms with Gasteiger partial charge in [-0.25, -0.2) is 8.78 Å². The molecular formula is C16H16F2O. The fourth-order valence-corrected chi connectivity index (χ4v) is 2.28. The molecular weight excluding hydrogens is 246 g/mol. The maximum absolute atomic E-state index is 13.4. The maximum atomic E-state index is 13.4. The standard InChI is InChI=1S/C16H16F2O/c1-2-10-16(19,12-6-4-3-5-7-12)13-8-9-14(17)15(18)11-13/h3-9,11,19H,2,10H2,1H3. The van der Waals surface area contributed by atoms with E-state index in [1.165, 1.54) is 6.07 Å². The lowest BCUT2D eigenvalue weighted by molar-refractivity contribution is 0.0697. The van der Waals surface area contributed by atoms with Crippen LogP contribution in [0.3, 0.4) is 0 Å². The van der Waals surface area contributed by atoms with Crippen molar-refractivity contribution in [3.05, 3.63) is 71.3 Å². The zero-order valence-electron chi connectivity index (χ0n) is 10.7. The van der Waals surface area contributed by atoms with Crippen molar-refractivity contribution < 1.29 is 13.9 Å². The van der Waals surface area contributed by atoms with Crippen LogP contribution >= 0.6 is 0 Å². The van der Waals surface area contributed by atoms with Crippen LogP contribution in [0.15, 0.2) is 48.5 Å². The van der Waals surface area contributed by atoms with Crippen LogP contribution in [0.1, 0.15) is 30.9 Å².